The van der Waals surface area contributed by atoms with Crippen molar-refractivity contribution in [2.24, 2.45) is 11.8 Å². The number of aromatic nitrogens is 3. The summed E-state index contributed by atoms with van der Waals surface area (Å²) in [5, 5.41) is 7.31. The molecule has 0 bridgehead atoms. The van der Waals surface area contributed by atoms with E-state index in [-0.39, 0.29) is 12.4 Å². The van der Waals surface area contributed by atoms with Gasteiger partial charge in [0, 0.05) is 13.0 Å². The van der Waals surface area contributed by atoms with Gasteiger partial charge >= 0.3 is 0 Å². The minimum Gasteiger partial charge on any atom is -0.356 e. The summed E-state index contributed by atoms with van der Waals surface area (Å²) in [4.78, 5) is 0. The second kappa shape index (κ2) is 6.32. The molecule has 1 aliphatic heterocycles. The predicted molar refractivity (Wildman–Crippen MR) is 85.9 cm³/mol. The summed E-state index contributed by atoms with van der Waals surface area (Å²) in [5.74, 6) is 1.46. The molecule has 5 nitrogen and oxygen atoms in total. The standard InChI is InChI=1S/C16H21N3O2S/c1-10-11(2)15(20-3)21-13(10)14-17-18-16(22)19(14)9-12-7-5-4-6-8-12/h4-8,10-11,13,15H,9H2,1-3H3,(H,18,22)/t10-,11+,13-,15?/m0/s1. The van der Waals surface area contributed by atoms with Crippen LogP contribution in [-0.2, 0) is 16.0 Å². The maximum absolute atomic E-state index is 6.04. The number of nitrogens with one attached hydrogen (secondary N) is 1. The Bertz CT molecular complexity index is 682. The lowest BCUT2D eigenvalue weighted by atomic mass is 9.93. The summed E-state index contributed by atoms with van der Waals surface area (Å²) in [6, 6.07) is 10.2. The first-order valence-electron chi connectivity index (χ1n) is 7.49. The van der Waals surface area contributed by atoms with Crippen molar-refractivity contribution in [2.45, 2.75) is 32.8 Å². The van der Waals surface area contributed by atoms with Gasteiger partial charge in [-0.15, -0.1) is 0 Å². The molecule has 0 radical (unpaired) electrons. The minimum absolute atomic E-state index is 0.114. The van der Waals surface area contributed by atoms with Gasteiger partial charge in [-0.1, -0.05) is 44.2 Å². The maximum atomic E-state index is 6.04. The molecule has 0 spiro atoms. The van der Waals surface area contributed by atoms with E-state index in [1.807, 2.05) is 22.8 Å². The molecular weight excluding hydrogens is 298 g/mol. The van der Waals surface area contributed by atoms with Gasteiger partial charge in [0.1, 0.15) is 6.10 Å². The Labute approximate surface area is 135 Å². The van der Waals surface area contributed by atoms with Crippen LogP contribution in [0, 0.1) is 16.6 Å². The number of ether oxygens (including phenoxy) is 2. The Kier molecular flexibility index (Phi) is 4.42. The van der Waals surface area contributed by atoms with E-state index >= 15 is 0 Å². The smallest absolute Gasteiger partial charge is 0.195 e. The van der Waals surface area contributed by atoms with Crippen molar-refractivity contribution >= 4 is 12.2 Å². The predicted octanol–water partition coefficient (Wildman–Crippen LogP) is 3.30. The highest BCUT2D eigenvalue weighted by molar-refractivity contribution is 7.71. The Morgan fingerprint density at radius 3 is 2.64 bits per heavy atom. The molecule has 22 heavy (non-hydrogen) atoms. The van der Waals surface area contributed by atoms with Crippen LogP contribution >= 0.6 is 12.2 Å². The molecule has 2 aromatic rings. The summed E-state index contributed by atoms with van der Waals surface area (Å²) >= 11 is 5.39. The molecule has 1 saturated heterocycles. The SMILES string of the molecule is COC1O[C@H](c2n[nH]c(=S)n2Cc2ccccc2)[C@@H](C)[C@H]1C. The lowest BCUT2D eigenvalue weighted by molar-refractivity contribution is -0.132. The highest BCUT2D eigenvalue weighted by Crippen LogP contribution is 2.41. The topological polar surface area (TPSA) is 52.1 Å². The van der Waals surface area contributed by atoms with Crippen LogP contribution in [0.2, 0.25) is 0 Å². The summed E-state index contributed by atoms with van der Waals surface area (Å²) in [5.41, 5.74) is 1.18. The Morgan fingerprint density at radius 1 is 1.27 bits per heavy atom. The van der Waals surface area contributed by atoms with Gasteiger partial charge in [0.2, 0.25) is 0 Å². The van der Waals surface area contributed by atoms with E-state index in [0.717, 1.165) is 5.82 Å². The molecular formula is C16H21N3O2S. The lowest BCUT2D eigenvalue weighted by Crippen LogP contribution is -2.17. The molecule has 0 saturated carbocycles. The third-order valence-electron chi connectivity index (χ3n) is 4.48. The number of rotatable bonds is 4. The Hall–Kier alpha value is -1.50. The van der Waals surface area contributed by atoms with Crippen LogP contribution in [0.15, 0.2) is 30.3 Å². The van der Waals surface area contributed by atoms with E-state index in [1.165, 1.54) is 5.56 Å². The fraction of sp³-hybridized carbons (Fsp3) is 0.500. The van der Waals surface area contributed by atoms with E-state index in [9.17, 15) is 0 Å². The molecule has 1 aromatic heterocycles. The Morgan fingerprint density at radius 2 is 2.00 bits per heavy atom. The van der Waals surface area contributed by atoms with E-state index < -0.39 is 0 Å². The average Bonchev–Trinajstić information content (AvgIpc) is 3.02. The molecule has 118 valence electrons. The largest absolute Gasteiger partial charge is 0.356 e. The van der Waals surface area contributed by atoms with E-state index in [1.54, 1.807) is 7.11 Å². The summed E-state index contributed by atoms with van der Waals surface area (Å²) in [7, 11) is 1.68. The van der Waals surface area contributed by atoms with Gasteiger partial charge in [0.25, 0.3) is 0 Å². The van der Waals surface area contributed by atoms with Crippen molar-refractivity contribution in [3.8, 4) is 0 Å². The van der Waals surface area contributed by atoms with Gasteiger partial charge in [-0.2, -0.15) is 5.10 Å². The fourth-order valence-corrected chi connectivity index (χ4v) is 3.15. The number of hydrogen-bond acceptors (Lipinski definition) is 4. The molecule has 0 aliphatic carbocycles. The number of methoxy groups -OCH3 is 1. The molecule has 1 fully saturated rings. The molecule has 1 N–H and O–H groups in total. The summed E-state index contributed by atoms with van der Waals surface area (Å²) in [6.07, 6.45) is -0.313. The highest BCUT2D eigenvalue weighted by Gasteiger charge is 2.42. The van der Waals surface area contributed by atoms with E-state index in [4.69, 9.17) is 21.7 Å². The number of benzene rings is 1. The van der Waals surface area contributed by atoms with Crippen LogP contribution in [0.3, 0.4) is 0 Å². The monoisotopic (exact) mass is 319 g/mol. The van der Waals surface area contributed by atoms with Gasteiger partial charge in [-0.25, -0.2) is 0 Å². The first-order chi connectivity index (χ1) is 10.6. The number of aromatic amines is 1. The zero-order valence-corrected chi connectivity index (χ0v) is 13.8. The van der Waals surface area contributed by atoms with Gasteiger partial charge < -0.3 is 9.47 Å². The molecule has 4 atom stereocenters. The average molecular weight is 319 g/mol. The van der Waals surface area contributed by atoms with Crippen LogP contribution in [0.4, 0.5) is 0 Å². The van der Waals surface area contributed by atoms with Crippen molar-refractivity contribution in [3.05, 3.63) is 46.5 Å². The van der Waals surface area contributed by atoms with Crippen molar-refractivity contribution in [3.63, 3.8) is 0 Å². The second-order valence-corrected chi connectivity index (χ2v) is 6.22. The third-order valence-corrected chi connectivity index (χ3v) is 4.79. The number of H-pyrrole nitrogens is 1. The van der Waals surface area contributed by atoms with Crippen LogP contribution in [-0.4, -0.2) is 28.2 Å². The van der Waals surface area contributed by atoms with Gasteiger partial charge in [0.05, 0.1) is 6.54 Å². The summed E-state index contributed by atoms with van der Waals surface area (Å²) < 4.78 is 14.1. The Balaban J connectivity index is 1.91. The van der Waals surface area contributed by atoms with Gasteiger partial charge in [-0.3, -0.25) is 9.67 Å². The molecule has 3 rings (SSSR count). The molecule has 1 aromatic carbocycles. The van der Waals surface area contributed by atoms with Crippen LogP contribution in [0.5, 0.6) is 0 Å². The minimum atomic E-state index is -0.199. The molecule has 6 heteroatoms. The molecule has 1 unspecified atom stereocenters. The quantitative estimate of drug-likeness (QED) is 0.879. The molecule has 2 heterocycles. The first-order valence-corrected chi connectivity index (χ1v) is 7.90. The molecule has 0 amide bonds. The number of nitrogens with zero attached hydrogens (tertiary/aromatic N) is 2. The summed E-state index contributed by atoms with van der Waals surface area (Å²) in [6.45, 7) is 4.99. The maximum Gasteiger partial charge on any atom is 0.195 e. The van der Waals surface area contributed by atoms with Crippen molar-refractivity contribution in [1.29, 1.82) is 0 Å². The van der Waals surface area contributed by atoms with Crippen LogP contribution in [0.1, 0.15) is 31.3 Å². The third kappa shape index (κ3) is 2.74. The first kappa shape index (κ1) is 15.4. The van der Waals surface area contributed by atoms with Crippen molar-refractivity contribution in [1.82, 2.24) is 14.8 Å². The van der Waals surface area contributed by atoms with Crippen LogP contribution < -0.4 is 0 Å². The zero-order valence-electron chi connectivity index (χ0n) is 13.0. The normalized spacial score (nSPS) is 28.1. The van der Waals surface area contributed by atoms with Crippen molar-refractivity contribution in [2.75, 3.05) is 7.11 Å². The van der Waals surface area contributed by atoms with Crippen molar-refractivity contribution < 1.29 is 9.47 Å². The number of hydrogen-bond donors (Lipinski definition) is 1. The highest BCUT2D eigenvalue weighted by atomic mass is 32.1. The van der Waals surface area contributed by atoms with Crippen LogP contribution in [0.25, 0.3) is 0 Å². The second-order valence-electron chi connectivity index (χ2n) is 5.84. The van der Waals surface area contributed by atoms with E-state index in [2.05, 4.69) is 36.2 Å². The van der Waals surface area contributed by atoms with Gasteiger partial charge in [-0.05, 0) is 23.7 Å². The fourth-order valence-electron chi connectivity index (χ4n) is 2.95. The van der Waals surface area contributed by atoms with Gasteiger partial charge in [0.15, 0.2) is 16.9 Å². The van der Waals surface area contributed by atoms with E-state index in [0.29, 0.717) is 23.2 Å². The molecule has 1 aliphatic rings. The zero-order chi connectivity index (χ0) is 15.7. The lowest BCUT2D eigenvalue weighted by Gasteiger charge is -2.16.